The van der Waals surface area contributed by atoms with Crippen molar-refractivity contribution in [3.05, 3.63) is 53.9 Å². The van der Waals surface area contributed by atoms with Crippen LogP contribution >= 0.6 is 0 Å². The van der Waals surface area contributed by atoms with Gasteiger partial charge in [0.05, 0.1) is 6.61 Å². The molecule has 5 nitrogen and oxygen atoms in total. The summed E-state index contributed by atoms with van der Waals surface area (Å²) in [4.78, 5) is 3.13. The molecule has 0 atom stereocenters. The molecule has 2 aromatic rings. The predicted octanol–water partition coefficient (Wildman–Crippen LogP) is 1.63. The zero-order valence-corrected chi connectivity index (χ0v) is 11.6. The van der Waals surface area contributed by atoms with Crippen LogP contribution in [0.3, 0.4) is 0 Å². The van der Waals surface area contributed by atoms with Crippen molar-refractivity contribution >= 4 is 10.0 Å². The molecule has 0 radical (unpaired) electrons. The van der Waals surface area contributed by atoms with E-state index >= 15 is 0 Å². The number of rotatable bonds is 5. The van der Waals surface area contributed by atoms with Gasteiger partial charge < -0.3 is 4.74 Å². The van der Waals surface area contributed by atoms with Gasteiger partial charge in [0.25, 0.3) is 0 Å². The van der Waals surface area contributed by atoms with Crippen LogP contribution in [0.15, 0.2) is 41.6 Å². The first-order valence-corrected chi connectivity index (χ1v) is 7.46. The molecular formula is C13H12F2N2O3S. The normalized spacial score (nSPS) is 11.4. The van der Waals surface area contributed by atoms with Crippen LogP contribution in [0.5, 0.6) is 5.75 Å². The monoisotopic (exact) mass is 314 g/mol. The van der Waals surface area contributed by atoms with E-state index in [-0.39, 0.29) is 6.61 Å². The average Bonchev–Trinajstić information content (AvgIpc) is 2.41. The van der Waals surface area contributed by atoms with Gasteiger partial charge in [-0.15, -0.1) is 0 Å². The van der Waals surface area contributed by atoms with Crippen LogP contribution in [0.1, 0.15) is 5.56 Å². The highest BCUT2D eigenvalue weighted by atomic mass is 32.2. The maximum Gasteiger partial charge on any atom is 0.241 e. The summed E-state index contributed by atoms with van der Waals surface area (Å²) in [7, 11) is -4.29. The molecule has 0 saturated heterocycles. The third-order valence-corrected chi connectivity index (χ3v) is 3.58. The summed E-state index contributed by atoms with van der Waals surface area (Å²) in [5.41, 5.74) is 0.879. The van der Waals surface area contributed by atoms with Gasteiger partial charge in [-0.1, -0.05) is 0 Å². The fourth-order valence-electron chi connectivity index (χ4n) is 1.71. The van der Waals surface area contributed by atoms with Crippen molar-refractivity contribution in [2.24, 2.45) is 5.14 Å². The van der Waals surface area contributed by atoms with Crippen molar-refractivity contribution in [1.29, 1.82) is 0 Å². The Bertz CT molecular complexity index is 737. The van der Waals surface area contributed by atoms with E-state index in [4.69, 9.17) is 9.88 Å². The summed E-state index contributed by atoms with van der Waals surface area (Å²) in [5.74, 6) is -2.74. The number of primary sulfonamides is 1. The molecule has 112 valence electrons. The second-order valence-corrected chi connectivity index (χ2v) is 5.74. The summed E-state index contributed by atoms with van der Waals surface area (Å²) in [6.45, 7) is 0.00901. The molecule has 0 spiro atoms. The van der Waals surface area contributed by atoms with Crippen molar-refractivity contribution < 1.29 is 21.9 Å². The Labute approximate surface area is 120 Å². The Morgan fingerprint density at radius 1 is 1.19 bits per heavy atom. The lowest BCUT2D eigenvalue weighted by Gasteiger charge is -2.11. The van der Waals surface area contributed by atoms with Gasteiger partial charge in [0.2, 0.25) is 10.0 Å². The van der Waals surface area contributed by atoms with E-state index in [1.54, 1.807) is 24.5 Å². The first-order chi connectivity index (χ1) is 9.88. The van der Waals surface area contributed by atoms with E-state index in [0.29, 0.717) is 18.6 Å². The SMILES string of the molecule is NS(=O)(=O)c1cc(F)cc(F)c1OCCc1ccncc1. The first-order valence-electron chi connectivity index (χ1n) is 5.91. The van der Waals surface area contributed by atoms with Gasteiger partial charge in [-0.05, 0) is 23.8 Å². The molecule has 0 aliphatic carbocycles. The molecule has 1 aromatic carbocycles. The Hall–Kier alpha value is -2.06. The number of aromatic nitrogens is 1. The lowest BCUT2D eigenvalue weighted by atomic mass is 10.2. The summed E-state index contributed by atoms with van der Waals surface area (Å²) in [6, 6.07) is 4.65. The lowest BCUT2D eigenvalue weighted by molar-refractivity contribution is 0.295. The maximum absolute atomic E-state index is 13.7. The molecule has 2 N–H and O–H groups in total. The van der Waals surface area contributed by atoms with Gasteiger partial charge in [0.1, 0.15) is 10.7 Å². The predicted molar refractivity (Wildman–Crippen MR) is 71.2 cm³/mol. The Balaban J connectivity index is 2.20. The van der Waals surface area contributed by atoms with Crippen LogP contribution in [0.4, 0.5) is 8.78 Å². The summed E-state index contributed by atoms with van der Waals surface area (Å²) < 4.78 is 54.6. The van der Waals surface area contributed by atoms with Gasteiger partial charge in [0, 0.05) is 24.9 Å². The van der Waals surface area contributed by atoms with E-state index < -0.39 is 32.3 Å². The van der Waals surface area contributed by atoms with Crippen molar-refractivity contribution in [3.63, 3.8) is 0 Å². The van der Waals surface area contributed by atoms with E-state index in [1.807, 2.05) is 0 Å². The van der Waals surface area contributed by atoms with Crippen molar-refractivity contribution in [2.75, 3.05) is 6.61 Å². The van der Waals surface area contributed by atoms with Gasteiger partial charge >= 0.3 is 0 Å². The number of nitrogens with zero attached hydrogens (tertiary/aromatic N) is 1. The maximum atomic E-state index is 13.7. The van der Waals surface area contributed by atoms with Gasteiger partial charge in [0.15, 0.2) is 11.6 Å². The van der Waals surface area contributed by atoms with Gasteiger partial charge in [-0.25, -0.2) is 22.3 Å². The van der Waals surface area contributed by atoms with Gasteiger partial charge in [-0.3, -0.25) is 4.98 Å². The number of hydrogen-bond acceptors (Lipinski definition) is 4. The molecule has 0 amide bonds. The number of ether oxygens (including phenoxy) is 1. The van der Waals surface area contributed by atoms with Crippen molar-refractivity contribution in [3.8, 4) is 5.75 Å². The number of halogens is 2. The minimum absolute atomic E-state index is 0.00901. The van der Waals surface area contributed by atoms with E-state index in [2.05, 4.69) is 4.98 Å². The number of nitrogens with two attached hydrogens (primary N) is 1. The summed E-state index contributed by atoms with van der Waals surface area (Å²) in [6.07, 6.45) is 3.58. The zero-order valence-electron chi connectivity index (χ0n) is 10.8. The highest BCUT2D eigenvalue weighted by Gasteiger charge is 2.21. The highest BCUT2D eigenvalue weighted by Crippen LogP contribution is 2.27. The molecule has 0 unspecified atom stereocenters. The Morgan fingerprint density at radius 3 is 2.48 bits per heavy atom. The largest absolute Gasteiger partial charge is 0.489 e. The first kappa shape index (κ1) is 15.3. The lowest BCUT2D eigenvalue weighted by Crippen LogP contribution is -2.16. The quantitative estimate of drug-likeness (QED) is 0.909. The molecule has 0 aliphatic rings. The smallest absolute Gasteiger partial charge is 0.241 e. The number of sulfonamides is 1. The number of pyridine rings is 1. The standard InChI is InChI=1S/C13H12F2N2O3S/c14-10-7-11(15)13(12(8-10)21(16,18)19)20-6-3-9-1-4-17-5-2-9/h1-2,4-5,7-8H,3,6H2,(H2,16,18,19). The van der Waals surface area contributed by atoms with Crippen LogP contribution in [0.2, 0.25) is 0 Å². The van der Waals surface area contributed by atoms with Crippen LogP contribution in [0.25, 0.3) is 0 Å². The third kappa shape index (κ3) is 3.96. The van der Waals surface area contributed by atoms with Gasteiger partial charge in [-0.2, -0.15) is 0 Å². The second kappa shape index (κ2) is 6.15. The van der Waals surface area contributed by atoms with E-state index in [1.165, 1.54) is 0 Å². The molecule has 0 fully saturated rings. The minimum Gasteiger partial charge on any atom is -0.489 e. The Morgan fingerprint density at radius 2 is 1.86 bits per heavy atom. The number of hydrogen-bond donors (Lipinski definition) is 1. The summed E-state index contributed by atoms with van der Waals surface area (Å²) in [5, 5.41) is 4.93. The average molecular weight is 314 g/mol. The number of benzene rings is 1. The topological polar surface area (TPSA) is 82.3 Å². The van der Waals surface area contributed by atoms with Crippen molar-refractivity contribution in [1.82, 2.24) is 4.98 Å². The molecular weight excluding hydrogens is 302 g/mol. The van der Waals surface area contributed by atoms with Crippen LogP contribution in [-0.4, -0.2) is 20.0 Å². The molecule has 8 heteroatoms. The minimum atomic E-state index is -4.29. The second-order valence-electron chi connectivity index (χ2n) is 4.21. The van der Waals surface area contributed by atoms with Crippen LogP contribution < -0.4 is 9.88 Å². The van der Waals surface area contributed by atoms with Crippen molar-refractivity contribution in [2.45, 2.75) is 11.3 Å². The van der Waals surface area contributed by atoms with E-state index in [9.17, 15) is 17.2 Å². The highest BCUT2D eigenvalue weighted by molar-refractivity contribution is 7.89. The van der Waals surface area contributed by atoms with Crippen LogP contribution in [0, 0.1) is 11.6 Å². The Kier molecular flexibility index (Phi) is 4.49. The fraction of sp³-hybridized carbons (Fsp3) is 0.154. The molecule has 21 heavy (non-hydrogen) atoms. The molecule has 1 aromatic heterocycles. The summed E-state index contributed by atoms with van der Waals surface area (Å²) >= 11 is 0. The van der Waals surface area contributed by atoms with Crippen LogP contribution in [-0.2, 0) is 16.4 Å². The molecule has 2 rings (SSSR count). The van der Waals surface area contributed by atoms with E-state index in [0.717, 1.165) is 5.56 Å². The molecule has 1 heterocycles. The fourth-order valence-corrected chi connectivity index (χ4v) is 2.40. The molecule has 0 bridgehead atoms. The zero-order chi connectivity index (χ0) is 15.5. The molecule has 0 aliphatic heterocycles. The third-order valence-electron chi connectivity index (χ3n) is 2.67. The molecule has 0 saturated carbocycles.